The second kappa shape index (κ2) is 23.4. The number of hydrogen-bond acceptors (Lipinski definition) is 9. The Balaban J connectivity index is 0.000000387. The number of anilines is 2. The number of benzene rings is 4. The maximum absolute atomic E-state index is 12.1. The molecular weight excluding hydrogens is 725 g/mol. The van der Waals surface area contributed by atoms with Crippen LogP contribution in [0.25, 0.3) is 24.3 Å². The number of aryl methyl sites for hydroxylation is 4. The molecule has 0 unspecified atom stereocenters. The molecule has 12 nitrogen and oxygen atoms in total. The van der Waals surface area contributed by atoms with Crippen molar-refractivity contribution in [1.29, 1.82) is 0 Å². The van der Waals surface area contributed by atoms with Crippen LogP contribution in [-0.4, -0.2) is 75.8 Å². The van der Waals surface area contributed by atoms with Gasteiger partial charge in [-0.2, -0.15) is 0 Å². The summed E-state index contributed by atoms with van der Waals surface area (Å²) in [6.07, 6.45) is 9.75. The number of ether oxygens (including phenoxy) is 4. The van der Waals surface area contributed by atoms with Crippen molar-refractivity contribution in [2.45, 2.75) is 52.6 Å². The van der Waals surface area contributed by atoms with Crippen LogP contribution in [0.2, 0.25) is 0 Å². The number of carbonyl (C=O) groups is 2. The van der Waals surface area contributed by atoms with Crippen LogP contribution in [0.15, 0.2) is 60.7 Å². The summed E-state index contributed by atoms with van der Waals surface area (Å²) in [6, 6.07) is 17.7. The number of aliphatic hydroxyl groups is 2. The van der Waals surface area contributed by atoms with Gasteiger partial charge in [0.25, 0.3) is 5.91 Å². The van der Waals surface area contributed by atoms with Crippen LogP contribution in [0.4, 0.5) is 11.4 Å². The molecule has 9 N–H and O–H groups in total. The topological polar surface area (TPSA) is 189 Å². The molecule has 308 valence electrons. The van der Waals surface area contributed by atoms with Gasteiger partial charge in [-0.15, -0.1) is 0 Å². The van der Waals surface area contributed by atoms with E-state index in [1.54, 1.807) is 39.5 Å². The van der Waals surface area contributed by atoms with E-state index in [4.69, 9.17) is 34.9 Å². The van der Waals surface area contributed by atoms with Crippen molar-refractivity contribution < 1.29 is 44.5 Å². The lowest BCUT2D eigenvalue weighted by atomic mass is 10.0. The summed E-state index contributed by atoms with van der Waals surface area (Å²) < 4.78 is 21.6. The molecule has 0 aliphatic carbocycles. The van der Waals surface area contributed by atoms with Crippen LogP contribution in [-0.2, 0) is 22.4 Å². The average Bonchev–Trinajstić information content (AvgIpc) is 3.21. The highest BCUT2D eigenvalue weighted by atomic mass is 16.5. The first-order valence-electron chi connectivity index (χ1n) is 18.4. The normalized spacial score (nSPS) is 11.9. The number of methoxy groups -OCH3 is 4. The van der Waals surface area contributed by atoms with Crippen LogP contribution < -0.4 is 41.0 Å². The third kappa shape index (κ3) is 13.2. The maximum Gasteiger partial charge on any atom is 0.285 e. The average molecular weight is 785 g/mol. The Bertz CT molecular complexity index is 1870. The molecule has 0 saturated heterocycles. The van der Waals surface area contributed by atoms with E-state index in [1.165, 1.54) is 7.11 Å². The number of hydrogen-bond donors (Lipinski definition) is 6. The van der Waals surface area contributed by atoms with Crippen molar-refractivity contribution in [3.05, 3.63) is 113 Å². The zero-order chi connectivity index (χ0) is 41.4. The fourth-order valence-corrected chi connectivity index (χ4v) is 5.92. The summed E-state index contributed by atoms with van der Waals surface area (Å²) in [4.78, 5) is 24.0. The second-order valence-electron chi connectivity index (χ2n) is 13.0. The lowest BCUT2D eigenvalue weighted by Crippen LogP contribution is -2.68. The Morgan fingerprint density at radius 3 is 1.40 bits per heavy atom. The zero-order valence-corrected chi connectivity index (χ0v) is 34.7. The number of aliphatic hydroxyl groups excluding tert-OH is 2. The fraction of sp³-hybridized carbons (Fsp3) is 0.311. The molecule has 0 fully saturated rings. The van der Waals surface area contributed by atoms with E-state index in [9.17, 15) is 9.59 Å². The van der Waals surface area contributed by atoms with Gasteiger partial charge in [0.1, 0.15) is 35.6 Å². The first-order chi connectivity index (χ1) is 26.9. The van der Waals surface area contributed by atoms with Gasteiger partial charge < -0.3 is 58.7 Å². The molecule has 4 rings (SSSR count). The van der Waals surface area contributed by atoms with Crippen molar-refractivity contribution in [2.75, 3.05) is 52.3 Å². The highest BCUT2D eigenvalue weighted by Gasteiger charge is 2.18. The Hall–Kier alpha value is -5.66. The number of carbonyl (C=O) groups excluding carboxylic acids is 2. The molecule has 0 aliphatic rings. The largest absolute Gasteiger partial charge is 0.496 e. The van der Waals surface area contributed by atoms with Gasteiger partial charge in [-0.25, -0.2) is 0 Å². The van der Waals surface area contributed by atoms with Gasteiger partial charge in [0, 0.05) is 0 Å². The van der Waals surface area contributed by atoms with E-state index < -0.39 is 24.6 Å². The maximum atomic E-state index is 12.1. The molecular formula is C45H60N4O8. The Kier molecular flexibility index (Phi) is 19.5. The highest BCUT2D eigenvalue weighted by molar-refractivity contribution is 5.97. The summed E-state index contributed by atoms with van der Waals surface area (Å²) in [5, 5.41) is 23.6. The van der Waals surface area contributed by atoms with E-state index in [1.807, 2.05) is 56.4 Å². The molecule has 2 atom stereocenters. The smallest absolute Gasteiger partial charge is 0.285 e. The Morgan fingerprint density at radius 1 is 0.649 bits per heavy atom. The van der Waals surface area contributed by atoms with Crippen molar-refractivity contribution in [3.8, 4) is 23.0 Å². The van der Waals surface area contributed by atoms with E-state index in [2.05, 4.69) is 54.5 Å². The molecule has 0 radical (unpaired) electrons. The Morgan fingerprint density at radius 2 is 1.05 bits per heavy atom. The zero-order valence-electron chi connectivity index (χ0n) is 34.7. The van der Waals surface area contributed by atoms with Crippen molar-refractivity contribution >= 4 is 47.5 Å². The van der Waals surface area contributed by atoms with Gasteiger partial charge in [0.15, 0.2) is 6.04 Å². The third-order valence-corrected chi connectivity index (χ3v) is 8.94. The molecule has 4 aromatic rings. The highest BCUT2D eigenvalue weighted by Crippen LogP contribution is 2.30. The standard InChI is InChI=1S/2C22H28N2O4.CH3/c2*1-5-17-11-16(10-14(2)21(17)28-4)7-6-15-8-9-20(27-3)19(12-15)24-22(26)18(23)13-25;/h2*6-12,18,25H,5,13,23H2,1-4H3,(H,24,26);1H3/q;;-1/p+1/b2*7-6-;/t2*18-;/m00./s1. The van der Waals surface area contributed by atoms with Crippen LogP contribution in [0, 0.1) is 21.3 Å². The van der Waals surface area contributed by atoms with Gasteiger partial charge in [-0.05, 0) is 120 Å². The fourth-order valence-electron chi connectivity index (χ4n) is 5.92. The van der Waals surface area contributed by atoms with Gasteiger partial charge >= 0.3 is 0 Å². The number of nitrogens with two attached hydrogens (primary N) is 1. The Labute approximate surface area is 337 Å². The summed E-state index contributed by atoms with van der Waals surface area (Å²) in [7, 11) is 6.45. The SMILES string of the molecule is CCc1cc(/C=C\c2ccc(OC)c(NC(=O)[C@@H](N)CO)c2)cc(C)c1OC.CCc1cc(/C=C\c2ccc(OC)c(NC(=O)[C@@H]([NH3+])CO)c2)cc(C)c1OC.[CH3-]. The van der Waals surface area contributed by atoms with E-state index >= 15 is 0 Å². The molecule has 12 heteroatoms. The molecule has 57 heavy (non-hydrogen) atoms. The molecule has 0 saturated carbocycles. The molecule has 0 bridgehead atoms. The predicted octanol–water partition coefficient (Wildman–Crippen LogP) is 5.74. The lowest BCUT2D eigenvalue weighted by molar-refractivity contribution is -0.407. The van der Waals surface area contributed by atoms with Gasteiger partial charge in [-0.1, -0.05) is 50.3 Å². The van der Waals surface area contributed by atoms with E-state index in [0.717, 1.165) is 68.8 Å². The molecule has 0 spiro atoms. The first-order valence-corrected chi connectivity index (χ1v) is 18.4. The minimum atomic E-state index is -0.987. The number of rotatable bonds is 16. The number of quaternary nitrogens is 1. The number of amides is 2. The van der Waals surface area contributed by atoms with Gasteiger partial charge in [0.05, 0.1) is 46.4 Å². The first kappa shape index (κ1) is 47.5. The van der Waals surface area contributed by atoms with E-state index in [0.29, 0.717) is 22.9 Å². The summed E-state index contributed by atoms with van der Waals surface area (Å²) in [5.41, 5.74) is 18.7. The van der Waals surface area contributed by atoms with Crippen molar-refractivity contribution in [3.63, 3.8) is 0 Å². The quantitative estimate of drug-likeness (QED) is 0.0608. The van der Waals surface area contributed by atoms with Gasteiger partial charge in [-0.3, -0.25) is 9.59 Å². The van der Waals surface area contributed by atoms with E-state index in [-0.39, 0.29) is 19.9 Å². The molecule has 2 amide bonds. The van der Waals surface area contributed by atoms with Crippen LogP contribution in [0.5, 0.6) is 23.0 Å². The van der Waals surface area contributed by atoms with Crippen molar-refractivity contribution in [1.82, 2.24) is 0 Å². The monoisotopic (exact) mass is 784 g/mol. The molecule has 0 aromatic heterocycles. The summed E-state index contributed by atoms with van der Waals surface area (Å²) in [5.74, 6) is 2.09. The van der Waals surface area contributed by atoms with Crippen molar-refractivity contribution in [2.24, 2.45) is 5.73 Å². The minimum Gasteiger partial charge on any atom is -0.496 e. The third-order valence-electron chi connectivity index (χ3n) is 8.94. The second-order valence-corrected chi connectivity index (χ2v) is 13.0. The lowest BCUT2D eigenvalue weighted by Gasteiger charge is -2.13. The van der Waals surface area contributed by atoms with Gasteiger partial charge in [0.2, 0.25) is 5.91 Å². The van der Waals surface area contributed by atoms with Crippen LogP contribution >= 0.6 is 0 Å². The molecule has 0 aliphatic heterocycles. The van der Waals surface area contributed by atoms with Crippen LogP contribution in [0.1, 0.15) is 58.4 Å². The summed E-state index contributed by atoms with van der Waals surface area (Å²) >= 11 is 0. The van der Waals surface area contributed by atoms with Crippen LogP contribution in [0.3, 0.4) is 0 Å². The molecule has 4 aromatic carbocycles. The number of nitrogens with one attached hydrogen (secondary N) is 2. The minimum absolute atomic E-state index is 0. The predicted molar refractivity (Wildman–Crippen MR) is 231 cm³/mol. The summed E-state index contributed by atoms with van der Waals surface area (Å²) in [6.45, 7) is 7.52. The molecule has 0 heterocycles.